The predicted octanol–water partition coefficient (Wildman–Crippen LogP) is 22.3. The van der Waals surface area contributed by atoms with Gasteiger partial charge < -0.3 is 21.3 Å². The lowest BCUT2D eigenvalue weighted by atomic mass is 10.0. The van der Waals surface area contributed by atoms with Crippen LogP contribution in [0, 0.1) is 30.2 Å². The van der Waals surface area contributed by atoms with Gasteiger partial charge in [-0.1, -0.05) is 122 Å². The maximum atomic E-state index is 14.8. The number of rotatable bonds is 16. The summed E-state index contributed by atoms with van der Waals surface area (Å²) in [5.41, 5.74) is 10.1. The molecule has 4 aliphatic rings. The maximum absolute atomic E-state index is 14.8. The van der Waals surface area contributed by atoms with E-state index in [1.807, 2.05) is 91.9 Å². The standard InChI is InChI=1S/C28H27N3O3S.C27H23F2N3O3S.C27H24FN3O3S.C23H21ClFN3O3S/c1-20-9-10-23(27-25-8-4-3-7-21(25)15-16-29-27)19-26(20)30-28(32)22-11-13-24(14-12-22)31-17-5-2-6-18-35(31,33)34;28-24-17-20(16-23(25(24)29)26-22-7-3-2-6-18(22)12-13-30-26)31-27(33)19-8-10-21(11-9-19)32-14-4-1-5-15-36(32,34)35;28-25-13-10-21(18-24(25)26-23-7-3-2-6-19(23)14-15-29-26)30-27(32)20-8-11-22(12-9-20)31-16-4-1-5-17-35(31,33)34;24-21-10-7-18(14-20(21)22-11-6-17(25)15-26-22)27-23(29)16-4-8-19(9-5-16)28-12-2-1-3-13-32(28,30)31/h3-4,7-16,19H,2,5-6,17-18H2,1H3,(H,30,32);2-3,6-13,16-17H,1,4-5,14-15H2,(H,31,33);2-3,6-15,18H,1,4-5,16-17H2,(H,30,32);4-11,14-15H,1-3,12-13H2,(H,27,29). The number of nitrogens with one attached hydrogen (secondary N) is 4. The predicted molar refractivity (Wildman–Crippen MR) is 538 cm³/mol. The van der Waals surface area contributed by atoms with Gasteiger partial charge in [0.1, 0.15) is 11.6 Å². The lowest BCUT2D eigenvalue weighted by Gasteiger charge is -2.22. The second kappa shape index (κ2) is 42.9. The first-order valence-corrected chi connectivity index (χ1v) is 51.8. The summed E-state index contributed by atoms with van der Waals surface area (Å²) in [5, 5.41) is 17.0. The second-order valence-corrected chi connectivity index (χ2v) is 42.0. The third kappa shape index (κ3) is 23.0. The van der Waals surface area contributed by atoms with E-state index in [1.54, 1.807) is 140 Å². The van der Waals surface area contributed by atoms with Crippen LogP contribution in [-0.4, -0.2) is 126 Å². The quantitative estimate of drug-likeness (QED) is 0.0653. The van der Waals surface area contributed by atoms with E-state index in [0.29, 0.717) is 141 Å². The minimum atomic E-state index is -3.40. The molecule has 4 saturated heterocycles. The molecule has 8 heterocycles. The topological polar surface area (TPSA) is 317 Å². The first kappa shape index (κ1) is 96.8. The molecular formula is C105H95ClF4N12O12S4. The largest absolute Gasteiger partial charge is 0.322 e. The van der Waals surface area contributed by atoms with Crippen LogP contribution in [0.15, 0.2) is 292 Å². The molecular weight excluding hydrogens is 1860 g/mol. The lowest BCUT2D eigenvalue weighted by Crippen LogP contribution is -2.32. The molecule has 4 fully saturated rings. The first-order valence-electron chi connectivity index (χ1n) is 45.0. The van der Waals surface area contributed by atoms with Gasteiger partial charge in [0.25, 0.3) is 23.6 Å². The Bertz CT molecular complexity index is 7560. The molecule has 19 rings (SSSR count). The summed E-state index contributed by atoms with van der Waals surface area (Å²) in [6.45, 7) is 3.70. The van der Waals surface area contributed by atoms with Crippen molar-refractivity contribution in [3.05, 3.63) is 348 Å². The van der Waals surface area contributed by atoms with E-state index in [4.69, 9.17) is 11.6 Å². The number of nitrogens with zero attached hydrogens (tertiary/aromatic N) is 8. The van der Waals surface area contributed by atoms with Crippen molar-refractivity contribution in [2.24, 2.45) is 0 Å². The van der Waals surface area contributed by atoms with Gasteiger partial charge >= 0.3 is 0 Å². The van der Waals surface area contributed by atoms with Crippen LogP contribution in [0.2, 0.25) is 5.02 Å². The van der Waals surface area contributed by atoms with Crippen LogP contribution in [0.5, 0.6) is 0 Å². The molecule has 4 N–H and O–H groups in total. The van der Waals surface area contributed by atoms with Gasteiger partial charge in [0.2, 0.25) is 40.1 Å². The normalized spacial score (nSPS) is 15.6. The van der Waals surface area contributed by atoms with Crippen LogP contribution in [-0.2, 0) is 40.1 Å². The van der Waals surface area contributed by atoms with Crippen molar-refractivity contribution >= 4 is 153 Å². The number of hydrogen-bond donors (Lipinski definition) is 4. The second-order valence-electron chi connectivity index (χ2n) is 33.5. The Morgan fingerprint density at radius 2 is 0.688 bits per heavy atom. The van der Waals surface area contributed by atoms with Crippen molar-refractivity contribution in [3.8, 4) is 45.0 Å². The van der Waals surface area contributed by atoms with Crippen molar-refractivity contribution in [1.29, 1.82) is 0 Å². The van der Waals surface area contributed by atoms with Crippen molar-refractivity contribution in [3.63, 3.8) is 0 Å². The van der Waals surface area contributed by atoms with E-state index < -0.39 is 69.3 Å². The molecule has 0 aliphatic carbocycles. The van der Waals surface area contributed by atoms with Crippen LogP contribution in [0.25, 0.3) is 77.3 Å². The Balaban J connectivity index is 0.000000133. The Labute approximate surface area is 802 Å². The number of sulfonamides is 4. The number of pyridine rings is 4. The Morgan fingerprint density at radius 3 is 1.10 bits per heavy atom. The maximum Gasteiger partial charge on any atom is 0.255 e. The SMILES string of the molecule is Cc1ccc(-c2nccc3ccccc23)cc1NC(=O)c1ccc(N2CCCCCS2(=O)=O)cc1.O=C(Nc1cc(F)c(F)c(-c2nccc3ccccc23)c1)c1ccc(N2CCCCCS2(=O)=O)cc1.O=C(Nc1ccc(Cl)c(-c2ccc(F)cn2)c1)c1ccc(N2CCCCCS2(=O)=O)cc1.O=C(Nc1ccc(F)c(-c2nccc3ccccc23)c1)c1ccc(N2CCCCCS2(=O)=O)cc1. The summed E-state index contributed by atoms with van der Waals surface area (Å²) < 4.78 is 163. The molecule has 11 aromatic carbocycles. The minimum absolute atomic E-state index is 0.0659. The van der Waals surface area contributed by atoms with Gasteiger partial charge in [-0.3, -0.25) is 56.3 Å². The van der Waals surface area contributed by atoms with Crippen molar-refractivity contribution in [2.45, 2.75) is 84.0 Å². The van der Waals surface area contributed by atoms with Crippen LogP contribution in [0.1, 0.15) is 124 Å². The summed E-state index contributed by atoms with van der Waals surface area (Å²) in [6.07, 6.45) is 15.4. The van der Waals surface area contributed by atoms with Crippen molar-refractivity contribution < 1.29 is 70.4 Å². The number of hydrogen-bond acceptors (Lipinski definition) is 16. The van der Waals surface area contributed by atoms with Crippen molar-refractivity contribution in [2.75, 3.05) is 87.7 Å². The Kier molecular flexibility index (Phi) is 30.1. The van der Waals surface area contributed by atoms with E-state index in [-0.39, 0.29) is 63.2 Å². The fourth-order valence-electron chi connectivity index (χ4n) is 16.8. The average Bonchev–Trinajstić information content (AvgIpc) is 0.863. The summed E-state index contributed by atoms with van der Waals surface area (Å²) in [5.74, 6) is -4.04. The molecule has 4 aliphatic heterocycles. The first-order chi connectivity index (χ1) is 66.5. The molecule has 0 saturated carbocycles. The van der Waals surface area contributed by atoms with E-state index in [9.17, 15) is 70.4 Å². The fraction of sp³-hybridized carbons (Fsp3) is 0.200. The van der Waals surface area contributed by atoms with Gasteiger partial charge in [-0.2, -0.15) is 0 Å². The van der Waals surface area contributed by atoms with Crippen LogP contribution >= 0.6 is 11.6 Å². The van der Waals surface area contributed by atoms with E-state index >= 15 is 0 Å². The fourth-order valence-corrected chi connectivity index (χ4v) is 23.6. The molecule has 0 bridgehead atoms. The molecule has 0 unspecified atom stereocenters. The summed E-state index contributed by atoms with van der Waals surface area (Å²) in [6, 6.07) is 74.8. The highest BCUT2D eigenvalue weighted by molar-refractivity contribution is 7.93. The molecule has 4 aromatic heterocycles. The van der Waals surface area contributed by atoms with E-state index in [0.717, 1.165) is 107 Å². The van der Waals surface area contributed by atoms with Gasteiger partial charge in [0.15, 0.2) is 11.6 Å². The molecule has 4 amide bonds. The third-order valence-corrected chi connectivity index (χ3v) is 31.9. The molecule has 706 valence electrons. The Hall–Kier alpha value is -14.3. The lowest BCUT2D eigenvalue weighted by molar-refractivity contribution is 0.101. The number of carbonyl (C=O) groups is 4. The van der Waals surface area contributed by atoms with E-state index in [2.05, 4.69) is 47.3 Å². The van der Waals surface area contributed by atoms with E-state index in [1.165, 1.54) is 65.9 Å². The molecule has 0 radical (unpaired) electrons. The number of benzene rings is 11. The monoisotopic (exact) mass is 1950 g/mol. The smallest absolute Gasteiger partial charge is 0.255 e. The third-order valence-electron chi connectivity index (χ3n) is 24.1. The molecule has 138 heavy (non-hydrogen) atoms. The number of fused-ring (bicyclic) bond motifs is 3. The molecule has 0 atom stereocenters. The number of amides is 4. The summed E-state index contributed by atoms with van der Waals surface area (Å²) >= 11 is 6.25. The molecule has 0 spiro atoms. The molecule has 15 aromatic rings. The number of aryl methyl sites for hydroxylation is 1. The van der Waals surface area contributed by atoms with Crippen LogP contribution in [0.4, 0.5) is 63.1 Å². The highest BCUT2D eigenvalue weighted by atomic mass is 35.5. The highest BCUT2D eigenvalue weighted by Crippen LogP contribution is 2.38. The van der Waals surface area contributed by atoms with Gasteiger partial charge in [-0.15, -0.1) is 0 Å². The highest BCUT2D eigenvalue weighted by Gasteiger charge is 2.31. The number of anilines is 8. The zero-order valence-electron chi connectivity index (χ0n) is 74.9. The van der Waals surface area contributed by atoms with Gasteiger partial charge in [-0.25, -0.2) is 51.2 Å². The number of halogens is 5. The van der Waals surface area contributed by atoms with Gasteiger partial charge in [0.05, 0.1) is 79.8 Å². The summed E-state index contributed by atoms with van der Waals surface area (Å²) in [7, 11) is -13.4. The summed E-state index contributed by atoms with van der Waals surface area (Å²) in [4.78, 5) is 68.8. The average molecular weight is 1960 g/mol. The molecule has 24 nitrogen and oxygen atoms in total. The zero-order valence-corrected chi connectivity index (χ0v) is 78.9. The number of carbonyl (C=O) groups excluding carboxylic acids is 4. The van der Waals surface area contributed by atoms with Crippen LogP contribution in [0.3, 0.4) is 0 Å². The van der Waals surface area contributed by atoms with Gasteiger partial charge in [-0.05, 0) is 256 Å². The van der Waals surface area contributed by atoms with Crippen LogP contribution < -0.4 is 38.5 Å². The number of aromatic nitrogens is 4. The zero-order chi connectivity index (χ0) is 96.8. The van der Waals surface area contributed by atoms with Crippen molar-refractivity contribution in [1.82, 2.24) is 19.9 Å². The molecule has 33 heteroatoms. The minimum Gasteiger partial charge on any atom is -0.322 e. The Morgan fingerprint density at radius 1 is 0.326 bits per heavy atom. The van der Waals surface area contributed by atoms with Gasteiger partial charge in [0, 0.05) is 134 Å².